The predicted octanol–water partition coefficient (Wildman–Crippen LogP) is 3.45. The lowest BCUT2D eigenvalue weighted by Gasteiger charge is -2.18. The van der Waals surface area contributed by atoms with Crippen molar-refractivity contribution in [1.82, 2.24) is 5.32 Å². The Morgan fingerprint density at radius 3 is 2.82 bits per heavy atom. The number of hydrogen-bond donors (Lipinski definition) is 2. The van der Waals surface area contributed by atoms with Crippen LogP contribution in [0.25, 0.3) is 0 Å². The molecule has 1 aliphatic heterocycles. The minimum absolute atomic E-state index is 0. The average molecular weight is 321 g/mol. The van der Waals surface area contributed by atoms with Crippen molar-refractivity contribution in [3.63, 3.8) is 0 Å². The number of nitrogens with one attached hydrogen (secondary N) is 2. The highest BCUT2D eigenvalue weighted by Gasteiger charge is 2.14. The Labute approximate surface area is 135 Å². The monoisotopic (exact) mass is 320 g/mol. The molecule has 0 atom stereocenters. The first-order valence-corrected chi connectivity index (χ1v) is 7.03. The van der Waals surface area contributed by atoms with E-state index in [2.05, 4.69) is 10.6 Å². The van der Waals surface area contributed by atoms with E-state index in [1.54, 1.807) is 12.1 Å². The van der Waals surface area contributed by atoms with E-state index in [1.807, 2.05) is 25.1 Å². The lowest BCUT2D eigenvalue weighted by atomic mass is 10.0. The highest BCUT2D eigenvalue weighted by Crippen LogP contribution is 2.20. The van der Waals surface area contributed by atoms with Crippen molar-refractivity contribution in [3.05, 3.63) is 64.5 Å². The molecule has 0 aliphatic carbocycles. The fourth-order valence-electron chi connectivity index (χ4n) is 2.57. The molecule has 1 heterocycles. The second kappa shape index (κ2) is 6.90. The molecule has 0 bridgehead atoms. The van der Waals surface area contributed by atoms with Gasteiger partial charge in [-0.1, -0.05) is 17.7 Å². The molecule has 0 radical (unpaired) electrons. The van der Waals surface area contributed by atoms with Crippen LogP contribution < -0.4 is 10.6 Å². The third-order valence-electron chi connectivity index (χ3n) is 3.72. The van der Waals surface area contributed by atoms with Gasteiger partial charge in [0.1, 0.15) is 5.82 Å². The minimum Gasteiger partial charge on any atom is -0.322 e. The third-order valence-corrected chi connectivity index (χ3v) is 3.72. The van der Waals surface area contributed by atoms with E-state index in [-0.39, 0.29) is 18.0 Å². The van der Waals surface area contributed by atoms with Crippen LogP contribution >= 0.6 is 12.4 Å². The van der Waals surface area contributed by atoms with E-state index in [4.69, 9.17) is 0 Å². The van der Waals surface area contributed by atoms with Crippen molar-refractivity contribution in [2.24, 2.45) is 0 Å². The summed E-state index contributed by atoms with van der Waals surface area (Å²) in [5.74, 6) is -0.919. The van der Waals surface area contributed by atoms with Gasteiger partial charge in [0.25, 0.3) is 5.91 Å². The lowest BCUT2D eigenvalue weighted by Crippen LogP contribution is -2.23. The van der Waals surface area contributed by atoms with E-state index in [9.17, 15) is 9.18 Å². The van der Waals surface area contributed by atoms with Crippen LogP contribution in [0.4, 0.5) is 10.1 Å². The van der Waals surface area contributed by atoms with Gasteiger partial charge in [-0.15, -0.1) is 12.4 Å². The van der Waals surface area contributed by atoms with Gasteiger partial charge in [0.15, 0.2) is 0 Å². The maximum atomic E-state index is 13.7. The van der Waals surface area contributed by atoms with Gasteiger partial charge >= 0.3 is 0 Å². The van der Waals surface area contributed by atoms with Crippen LogP contribution in [0.5, 0.6) is 0 Å². The number of fused-ring (bicyclic) bond motifs is 1. The second-order valence-electron chi connectivity index (χ2n) is 5.35. The number of anilines is 1. The maximum absolute atomic E-state index is 13.7. The SMILES string of the molecule is Cc1ccc(F)c(C(=O)Nc2ccc3c(c2)CNCC3)c1.Cl. The molecule has 0 fully saturated rings. The Morgan fingerprint density at radius 1 is 1.18 bits per heavy atom. The smallest absolute Gasteiger partial charge is 0.258 e. The summed E-state index contributed by atoms with van der Waals surface area (Å²) in [5, 5.41) is 6.07. The van der Waals surface area contributed by atoms with E-state index in [1.165, 1.54) is 17.2 Å². The highest BCUT2D eigenvalue weighted by atomic mass is 35.5. The molecule has 116 valence electrons. The summed E-state index contributed by atoms with van der Waals surface area (Å²) in [5.41, 5.74) is 4.11. The van der Waals surface area contributed by atoms with Gasteiger partial charge < -0.3 is 10.6 Å². The number of rotatable bonds is 2. The Balaban J connectivity index is 0.00000176. The van der Waals surface area contributed by atoms with Gasteiger partial charge in [-0.2, -0.15) is 0 Å². The molecule has 3 rings (SSSR count). The summed E-state index contributed by atoms with van der Waals surface area (Å²) in [7, 11) is 0. The zero-order valence-electron chi connectivity index (χ0n) is 12.3. The first-order valence-electron chi connectivity index (χ1n) is 7.03. The highest BCUT2D eigenvalue weighted by molar-refractivity contribution is 6.04. The molecule has 0 saturated heterocycles. The molecule has 2 aromatic rings. The Kier molecular flexibility index (Phi) is 5.16. The van der Waals surface area contributed by atoms with Gasteiger partial charge in [0, 0.05) is 12.2 Å². The molecule has 2 aromatic carbocycles. The standard InChI is InChI=1S/C17H17FN2O.ClH/c1-11-2-5-16(18)15(8-11)17(21)20-14-4-3-12-6-7-19-10-13(12)9-14;/h2-5,8-9,19H,6-7,10H2,1H3,(H,20,21);1H. The van der Waals surface area contributed by atoms with E-state index >= 15 is 0 Å². The van der Waals surface area contributed by atoms with E-state index in [0.717, 1.165) is 25.1 Å². The number of carbonyl (C=O) groups is 1. The van der Waals surface area contributed by atoms with Gasteiger partial charge in [-0.25, -0.2) is 4.39 Å². The van der Waals surface area contributed by atoms with Crippen LogP contribution in [0.15, 0.2) is 36.4 Å². The van der Waals surface area contributed by atoms with Crippen LogP contribution in [0.1, 0.15) is 27.0 Å². The molecule has 1 amide bonds. The number of halogens is 2. The Hall–Kier alpha value is -1.91. The lowest BCUT2D eigenvalue weighted by molar-refractivity contribution is 0.102. The van der Waals surface area contributed by atoms with E-state index in [0.29, 0.717) is 5.69 Å². The van der Waals surface area contributed by atoms with Crippen LogP contribution in [0.3, 0.4) is 0 Å². The summed E-state index contributed by atoms with van der Waals surface area (Å²) in [6, 6.07) is 10.4. The third kappa shape index (κ3) is 3.46. The van der Waals surface area contributed by atoms with Gasteiger partial charge in [-0.3, -0.25) is 4.79 Å². The van der Waals surface area contributed by atoms with Gasteiger partial charge in [0.05, 0.1) is 5.56 Å². The van der Waals surface area contributed by atoms with Crippen molar-refractivity contribution in [2.45, 2.75) is 19.9 Å². The maximum Gasteiger partial charge on any atom is 0.258 e. The predicted molar refractivity (Wildman–Crippen MR) is 88.2 cm³/mol. The molecule has 1 aliphatic rings. The fraction of sp³-hybridized carbons (Fsp3) is 0.235. The van der Waals surface area contributed by atoms with Crippen molar-refractivity contribution in [2.75, 3.05) is 11.9 Å². The first kappa shape index (κ1) is 16.5. The summed E-state index contributed by atoms with van der Waals surface area (Å²) >= 11 is 0. The molecule has 3 nitrogen and oxygen atoms in total. The zero-order valence-corrected chi connectivity index (χ0v) is 13.1. The molecular weight excluding hydrogens is 303 g/mol. The van der Waals surface area contributed by atoms with Crippen LogP contribution in [-0.2, 0) is 13.0 Å². The number of carbonyl (C=O) groups excluding carboxylic acids is 1. The molecular formula is C17H18ClFN2O. The fourth-order valence-corrected chi connectivity index (χ4v) is 2.57. The Morgan fingerprint density at radius 2 is 2.00 bits per heavy atom. The number of hydrogen-bond acceptors (Lipinski definition) is 2. The molecule has 22 heavy (non-hydrogen) atoms. The zero-order chi connectivity index (χ0) is 14.8. The van der Waals surface area contributed by atoms with Gasteiger partial charge in [-0.05, 0) is 55.3 Å². The van der Waals surface area contributed by atoms with Crippen LogP contribution in [-0.4, -0.2) is 12.5 Å². The van der Waals surface area contributed by atoms with Crippen molar-refractivity contribution >= 4 is 24.0 Å². The molecule has 5 heteroatoms. The number of benzene rings is 2. The van der Waals surface area contributed by atoms with Crippen LogP contribution in [0.2, 0.25) is 0 Å². The van der Waals surface area contributed by atoms with Gasteiger partial charge in [0.2, 0.25) is 0 Å². The quantitative estimate of drug-likeness (QED) is 0.890. The van der Waals surface area contributed by atoms with Crippen LogP contribution in [0, 0.1) is 12.7 Å². The summed E-state index contributed by atoms with van der Waals surface area (Å²) in [6.45, 7) is 3.62. The summed E-state index contributed by atoms with van der Waals surface area (Å²) < 4.78 is 13.7. The molecule has 2 N–H and O–H groups in total. The van der Waals surface area contributed by atoms with E-state index < -0.39 is 11.7 Å². The normalized spacial score (nSPS) is 13.0. The summed E-state index contributed by atoms with van der Waals surface area (Å²) in [6.07, 6.45) is 0.996. The Bertz CT molecular complexity index is 703. The van der Waals surface area contributed by atoms with Crippen molar-refractivity contribution in [1.29, 1.82) is 0 Å². The van der Waals surface area contributed by atoms with Crippen molar-refractivity contribution < 1.29 is 9.18 Å². The average Bonchev–Trinajstić information content (AvgIpc) is 2.49. The second-order valence-corrected chi connectivity index (χ2v) is 5.35. The number of aryl methyl sites for hydroxylation is 1. The topological polar surface area (TPSA) is 41.1 Å². The summed E-state index contributed by atoms with van der Waals surface area (Å²) in [4.78, 5) is 12.2. The molecule has 0 spiro atoms. The minimum atomic E-state index is -0.502. The largest absolute Gasteiger partial charge is 0.322 e. The van der Waals surface area contributed by atoms with Crippen molar-refractivity contribution in [3.8, 4) is 0 Å². The number of amides is 1. The molecule has 0 unspecified atom stereocenters. The molecule has 0 saturated carbocycles. The molecule has 0 aromatic heterocycles. The first-order chi connectivity index (χ1) is 10.1.